The number of hydrogen-bond donors (Lipinski definition) is 2. The van der Waals surface area contributed by atoms with Gasteiger partial charge in [-0.25, -0.2) is 4.79 Å². The lowest BCUT2D eigenvalue weighted by atomic mass is 9.96. The fourth-order valence-electron chi connectivity index (χ4n) is 3.86. The Kier molecular flexibility index (Phi) is 6.56. The van der Waals surface area contributed by atoms with Gasteiger partial charge in [0, 0.05) is 24.7 Å². The maximum absolute atomic E-state index is 12.0. The molecule has 158 valence electrons. The van der Waals surface area contributed by atoms with Gasteiger partial charge >= 0.3 is 11.9 Å². The smallest absolute Gasteiger partial charge is 0.353 e. The molecule has 0 amide bonds. The second kappa shape index (κ2) is 9.31. The Balaban J connectivity index is 1.97. The lowest BCUT2D eigenvalue weighted by Gasteiger charge is -2.07. The van der Waals surface area contributed by atoms with E-state index in [1.807, 2.05) is 55.5 Å². The zero-order valence-electron chi connectivity index (χ0n) is 17.6. The standard InChI is InChI=1S/C25H24N2O4/c1-3-4-21-20(15-26)23(24(25(30)31)27(21)2)19-12-10-18(11-13-19)17-8-5-16(6-9-17)7-14-22(28)29/h5-6,8-13H,3-4,7,14H2,1-2H3,(H,28,29)(H,30,31). The first-order chi connectivity index (χ1) is 14.9. The molecule has 2 aromatic carbocycles. The maximum Gasteiger partial charge on any atom is 0.353 e. The van der Waals surface area contributed by atoms with Gasteiger partial charge in [0.2, 0.25) is 0 Å². The molecule has 1 aromatic heterocycles. The van der Waals surface area contributed by atoms with Crippen LogP contribution in [0.2, 0.25) is 0 Å². The number of carboxylic acid groups (broad SMARTS) is 2. The van der Waals surface area contributed by atoms with E-state index in [9.17, 15) is 20.0 Å². The molecular formula is C25H24N2O4. The summed E-state index contributed by atoms with van der Waals surface area (Å²) in [6.45, 7) is 2.00. The quantitative estimate of drug-likeness (QED) is 0.544. The molecule has 6 nitrogen and oxygen atoms in total. The topological polar surface area (TPSA) is 103 Å². The number of nitrogens with zero attached hydrogens (tertiary/aromatic N) is 2. The van der Waals surface area contributed by atoms with Crippen LogP contribution >= 0.6 is 0 Å². The Morgan fingerprint density at radius 3 is 1.97 bits per heavy atom. The number of carboxylic acids is 2. The van der Waals surface area contributed by atoms with E-state index in [0.29, 0.717) is 29.5 Å². The zero-order chi connectivity index (χ0) is 22.5. The van der Waals surface area contributed by atoms with Gasteiger partial charge in [-0.2, -0.15) is 5.26 Å². The fraction of sp³-hybridized carbons (Fsp3) is 0.240. The minimum atomic E-state index is -1.06. The summed E-state index contributed by atoms with van der Waals surface area (Å²) in [4.78, 5) is 22.7. The normalized spacial score (nSPS) is 10.6. The van der Waals surface area contributed by atoms with Crippen LogP contribution in [-0.2, 0) is 24.7 Å². The summed E-state index contributed by atoms with van der Waals surface area (Å²) >= 11 is 0. The molecule has 0 aliphatic rings. The van der Waals surface area contributed by atoms with Crippen molar-refractivity contribution in [1.82, 2.24) is 4.57 Å². The van der Waals surface area contributed by atoms with Crippen LogP contribution in [0.4, 0.5) is 0 Å². The van der Waals surface area contributed by atoms with E-state index in [-0.39, 0.29) is 12.1 Å². The van der Waals surface area contributed by atoms with Crippen molar-refractivity contribution in [3.63, 3.8) is 0 Å². The summed E-state index contributed by atoms with van der Waals surface area (Å²) in [6.07, 6.45) is 2.02. The van der Waals surface area contributed by atoms with Crippen LogP contribution in [0.15, 0.2) is 48.5 Å². The van der Waals surface area contributed by atoms with E-state index in [1.54, 1.807) is 11.6 Å². The number of aryl methyl sites for hydroxylation is 1. The number of nitriles is 1. The third-order valence-electron chi connectivity index (χ3n) is 5.41. The molecule has 0 atom stereocenters. The van der Waals surface area contributed by atoms with Crippen molar-refractivity contribution in [3.8, 4) is 28.3 Å². The molecule has 0 spiro atoms. The van der Waals surface area contributed by atoms with Crippen molar-refractivity contribution in [1.29, 1.82) is 5.26 Å². The second-order valence-corrected chi connectivity index (χ2v) is 7.44. The first-order valence-electron chi connectivity index (χ1n) is 10.1. The van der Waals surface area contributed by atoms with Gasteiger partial charge < -0.3 is 14.8 Å². The molecule has 0 unspecified atom stereocenters. The van der Waals surface area contributed by atoms with E-state index < -0.39 is 11.9 Å². The Hall–Kier alpha value is -3.85. The second-order valence-electron chi connectivity index (χ2n) is 7.44. The van der Waals surface area contributed by atoms with Crippen molar-refractivity contribution in [3.05, 3.63) is 71.0 Å². The molecule has 0 saturated heterocycles. The molecule has 2 N–H and O–H groups in total. The lowest BCUT2D eigenvalue weighted by molar-refractivity contribution is -0.136. The van der Waals surface area contributed by atoms with Crippen molar-refractivity contribution in [2.24, 2.45) is 7.05 Å². The molecule has 0 aliphatic heterocycles. The Morgan fingerprint density at radius 2 is 1.48 bits per heavy atom. The Bertz CT molecular complexity index is 1150. The van der Waals surface area contributed by atoms with Crippen LogP contribution in [-0.4, -0.2) is 26.7 Å². The maximum atomic E-state index is 12.0. The van der Waals surface area contributed by atoms with E-state index in [1.165, 1.54) is 0 Å². The summed E-state index contributed by atoms with van der Waals surface area (Å²) in [5.74, 6) is -1.88. The molecule has 3 aromatic rings. The number of aromatic carboxylic acids is 1. The summed E-state index contributed by atoms with van der Waals surface area (Å²) in [6, 6.07) is 17.4. The summed E-state index contributed by atoms with van der Waals surface area (Å²) in [5, 5.41) is 28.3. The van der Waals surface area contributed by atoms with E-state index >= 15 is 0 Å². The summed E-state index contributed by atoms with van der Waals surface area (Å²) < 4.78 is 1.61. The van der Waals surface area contributed by atoms with E-state index in [2.05, 4.69) is 6.07 Å². The van der Waals surface area contributed by atoms with Gasteiger partial charge in [-0.15, -0.1) is 0 Å². The van der Waals surface area contributed by atoms with E-state index in [0.717, 1.165) is 28.8 Å². The van der Waals surface area contributed by atoms with Crippen LogP contribution in [0.5, 0.6) is 0 Å². The number of benzene rings is 2. The number of aromatic nitrogens is 1. The average molecular weight is 416 g/mol. The molecule has 3 rings (SSSR count). The minimum absolute atomic E-state index is 0.0955. The predicted molar refractivity (Wildman–Crippen MR) is 118 cm³/mol. The molecule has 0 bridgehead atoms. The highest BCUT2D eigenvalue weighted by Gasteiger charge is 2.25. The largest absolute Gasteiger partial charge is 0.481 e. The van der Waals surface area contributed by atoms with Crippen LogP contribution in [0, 0.1) is 11.3 Å². The third kappa shape index (κ3) is 4.51. The number of aliphatic carboxylic acids is 1. The van der Waals surface area contributed by atoms with Crippen LogP contribution in [0.25, 0.3) is 22.3 Å². The van der Waals surface area contributed by atoms with Gasteiger partial charge in [0.05, 0.1) is 5.56 Å². The highest BCUT2D eigenvalue weighted by atomic mass is 16.4. The van der Waals surface area contributed by atoms with Crippen molar-refractivity contribution >= 4 is 11.9 Å². The van der Waals surface area contributed by atoms with Crippen molar-refractivity contribution in [2.75, 3.05) is 0 Å². The SMILES string of the molecule is CCCc1c(C#N)c(-c2ccc(-c3ccc(CCC(=O)O)cc3)cc2)c(C(=O)O)n1C. The zero-order valence-corrected chi connectivity index (χ0v) is 17.6. The molecule has 0 aliphatic carbocycles. The molecule has 6 heteroatoms. The van der Waals surface area contributed by atoms with Crippen molar-refractivity contribution in [2.45, 2.75) is 32.6 Å². The monoisotopic (exact) mass is 416 g/mol. The average Bonchev–Trinajstić information content (AvgIpc) is 3.04. The minimum Gasteiger partial charge on any atom is -0.481 e. The molecular weight excluding hydrogens is 392 g/mol. The van der Waals surface area contributed by atoms with Gasteiger partial charge in [-0.1, -0.05) is 61.9 Å². The Labute approximate surface area is 181 Å². The van der Waals surface area contributed by atoms with Gasteiger partial charge in [0.1, 0.15) is 11.8 Å². The third-order valence-corrected chi connectivity index (χ3v) is 5.41. The van der Waals surface area contributed by atoms with E-state index in [4.69, 9.17) is 5.11 Å². The molecule has 0 saturated carbocycles. The highest BCUT2D eigenvalue weighted by Crippen LogP contribution is 2.34. The van der Waals surface area contributed by atoms with Crippen LogP contribution in [0.1, 0.15) is 47.1 Å². The molecule has 31 heavy (non-hydrogen) atoms. The first-order valence-corrected chi connectivity index (χ1v) is 10.1. The van der Waals surface area contributed by atoms with Gasteiger partial charge in [0.15, 0.2) is 0 Å². The summed E-state index contributed by atoms with van der Waals surface area (Å²) in [7, 11) is 1.69. The van der Waals surface area contributed by atoms with Crippen LogP contribution < -0.4 is 0 Å². The molecule has 0 fully saturated rings. The number of carbonyl (C=O) groups is 2. The van der Waals surface area contributed by atoms with Crippen molar-refractivity contribution < 1.29 is 19.8 Å². The predicted octanol–water partition coefficient (Wildman–Crippen LogP) is 4.90. The number of rotatable bonds is 8. The van der Waals surface area contributed by atoms with Crippen LogP contribution in [0.3, 0.4) is 0 Å². The highest BCUT2D eigenvalue weighted by molar-refractivity contribution is 5.97. The fourth-order valence-corrected chi connectivity index (χ4v) is 3.86. The lowest BCUT2D eigenvalue weighted by Crippen LogP contribution is -2.08. The van der Waals surface area contributed by atoms with Gasteiger partial charge in [0.25, 0.3) is 0 Å². The first kappa shape index (κ1) is 21.8. The number of hydrogen-bond acceptors (Lipinski definition) is 3. The Morgan fingerprint density at radius 1 is 0.935 bits per heavy atom. The van der Waals surface area contributed by atoms with Gasteiger partial charge in [-0.3, -0.25) is 4.79 Å². The van der Waals surface area contributed by atoms with Gasteiger partial charge in [-0.05, 0) is 35.1 Å². The summed E-state index contributed by atoms with van der Waals surface area (Å²) in [5.41, 5.74) is 5.30. The molecule has 0 radical (unpaired) electrons. The molecule has 1 heterocycles.